The maximum Gasteiger partial charge on any atom is 0.111 e. The third-order valence-electron chi connectivity index (χ3n) is 1.86. The van der Waals surface area contributed by atoms with Gasteiger partial charge in [-0.15, -0.1) is 0 Å². The van der Waals surface area contributed by atoms with Crippen LogP contribution in [-0.2, 0) is 19.6 Å². The molecule has 2 rings (SSSR count). The summed E-state index contributed by atoms with van der Waals surface area (Å²) in [5.74, 6) is 0. The van der Waals surface area contributed by atoms with Gasteiger partial charge in [0.1, 0.15) is 6.54 Å². The predicted octanol–water partition coefficient (Wildman–Crippen LogP) is 0.00988. The quantitative estimate of drug-likeness (QED) is 0.610. The normalized spacial score (nSPS) is 14.5. The molecule has 0 aliphatic carbocycles. The van der Waals surface area contributed by atoms with Gasteiger partial charge in [-0.2, -0.15) is 5.26 Å². The van der Waals surface area contributed by atoms with E-state index in [2.05, 4.69) is 16.4 Å². The summed E-state index contributed by atoms with van der Waals surface area (Å²) in [5.41, 5.74) is 2.24. The first-order valence-electron chi connectivity index (χ1n) is 3.52. The van der Waals surface area contributed by atoms with Gasteiger partial charge >= 0.3 is 0 Å². The van der Waals surface area contributed by atoms with Crippen LogP contribution in [0.2, 0.25) is 0 Å². The molecule has 1 aromatic rings. The lowest BCUT2D eigenvalue weighted by atomic mass is 10.4. The summed E-state index contributed by atoms with van der Waals surface area (Å²) in [6.45, 7) is 2.09. The number of imidazole rings is 1. The Hall–Kier alpha value is -1.34. The van der Waals surface area contributed by atoms with Crippen molar-refractivity contribution in [3.05, 3.63) is 17.7 Å². The van der Waals surface area contributed by atoms with Crippen LogP contribution in [0, 0.1) is 11.3 Å². The summed E-state index contributed by atoms with van der Waals surface area (Å²) >= 11 is 0. The Bertz CT molecular complexity index is 307. The van der Waals surface area contributed by atoms with Crippen molar-refractivity contribution in [3.8, 4) is 6.07 Å². The fourth-order valence-corrected chi connectivity index (χ4v) is 1.31. The Labute approximate surface area is 64.5 Å². The lowest BCUT2D eigenvalue weighted by Gasteiger charge is -1.97. The van der Waals surface area contributed by atoms with Gasteiger partial charge in [0.15, 0.2) is 0 Å². The zero-order chi connectivity index (χ0) is 7.68. The van der Waals surface area contributed by atoms with Crippen LogP contribution in [0.1, 0.15) is 11.4 Å². The lowest BCUT2D eigenvalue weighted by molar-refractivity contribution is 0.695. The number of rotatable bonds is 1. The highest BCUT2D eigenvalue weighted by Gasteiger charge is 2.15. The third kappa shape index (κ3) is 0.900. The molecule has 0 saturated carbocycles. The number of nitrogens with one attached hydrogen (secondary N) is 1. The summed E-state index contributed by atoms with van der Waals surface area (Å²) < 4.78 is 1.88. The average Bonchev–Trinajstić information content (AvgIpc) is 2.53. The summed E-state index contributed by atoms with van der Waals surface area (Å²) in [5, 5.41) is 11.6. The van der Waals surface area contributed by atoms with Crippen LogP contribution < -0.4 is 5.32 Å². The molecule has 2 heterocycles. The largest absolute Gasteiger partial charge is 0.319 e. The van der Waals surface area contributed by atoms with Crippen LogP contribution in [0.15, 0.2) is 6.33 Å². The number of nitriles is 1. The van der Waals surface area contributed by atoms with E-state index >= 15 is 0 Å². The second kappa shape index (κ2) is 2.36. The Morgan fingerprint density at radius 1 is 1.73 bits per heavy atom. The minimum atomic E-state index is 0.407. The summed E-state index contributed by atoms with van der Waals surface area (Å²) in [6.07, 6.45) is 1.73. The van der Waals surface area contributed by atoms with Crippen molar-refractivity contribution >= 4 is 0 Å². The van der Waals surface area contributed by atoms with Gasteiger partial charge in [0.25, 0.3) is 0 Å². The molecule has 0 fully saturated rings. The van der Waals surface area contributed by atoms with Gasteiger partial charge in [0, 0.05) is 13.1 Å². The number of hydrogen-bond acceptors (Lipinski definition) is 3. The molecule has 1 N–H and O–H groups in total. The summed E-state index contributed by atoms with van der Waals surface area (Å²) in [7, 11) is 0. The van der Waals surface area contributed by atoms with E-state index in [9.17, 15) is 0 Å². The number of fused-ring (bicyclic) bond motifs is 1. The molecule has 1 aliphatic rings. The zero-order valence-corrected chi connectivity index (χ0v) is 6.04. The average molecular weight is 148 g/mol. The highest BCUT2D eigenvalue weighted by Crippen LogP contribution is 2.12. The topological polar surface area (TPSA) is 53.6 Å². The lowest BCUT2D eigenvalue weighted by Crippen LogP contribution is -2.06. The molecule has 0 spiro atoms. The molecule has 0 unspecified atom stereocenters. The molecule has 0 aromatic carbocycles. The van der Waals surface area contributed by atoms with Gasteiger partial charge in [-0.05, 0) is 0 Å². The van der Waals surface area contributed by atoms with E-state index in [4.69, 9.17) is 5.26 Å². The predicted molar refractivity (Wildman–Crippen MR) is 38.4 cm³/mol. The molecular formula is C7H8N4. The van der Waals surface area contributed by atoms with E-state index in [0.29, 0.717) is 6.54 Å². The third-order valence-corrected chi connectivity index (χ3v) is 1.86. The maximum atomic E-state index is 8.45. The Morgan fingerprint density at radius 2 is 2.64 bits per heavy atom. The second-order valence-electron chi connectivity index (χ2n) is 2.53. The number of hydrogen-bond donors (Lipinski definition) is 1. The molecule has 0 atom stereocenters. The molecule has 0 bridgehead atoms. The van der Waals surface area contributed by atoms with Crippen molar-refractivity contribution in [3.63, 3.8) is 0 Å². The van der Waals surface area contributed by atoms with E-state index in [1.807, 2.05) is 4.57 Å². The van der Waals surface area contributed by atoms with Gasteiger partial charge in [0.05, 0.1) is 23.8 Å². The SMILES string of the molecule is N#CCn1cnc2c1CNC2. The van der Waals surface area contributed by atoms with Gasteiger partial charge < -0.3 is 9.88 Å². The molecular weight excluding hydrogens is 140 g/mol. The highest BCUT2D eigenvalue weighted by atomic mass is 15.1. The summed E-state index contributed by atoms with van der Waals surface area (Å²) in [4.78, 5) is 4.16. The second-order valence-corrected chi connectivity index (χ2v) is 2.53. The van der Waals surface area contributed by atoms with E-state index in [-0.39, 0.29) is 0 Å². The van der Waals surface area contributed by atoms with Crippen LogP contribution in [-0.4, -0.2) is 9.55 Å². The van der Waals surface area contributed by atoms with Crippen LogP contribution in [0.25, 0.3) is 0 Å². The maximum absolute atomic E-state index is 8.45. The van der Waals surface area contributed by atoms with Crippen molar-refractivity contribution in [2.24, 2.45) is 0 Å². The number of aromatic nitrogens is 2. The van der Waals surface area contributed by atoms with Gasteiger partial charge in [-0.3, -0.25) is 0 Å². The smallest absolute Gasteiger partial charge is 0.111 e. The number of nitrogens with zero attached hydrogens (tertiary/aromatic N) is 3. The molecule has 1 aliphatic heterocycles. The minimum absolute atomic E-state index is 0.407. The van der Waals surface area contributed by atoms with Crippen LogP contribution in [0.4, 0.5) is 0 Å². The Kier molecular flexibility index (Phi) is 1.37. The molecule has 0 amide bonds. The van der Waals surface area contributed by atoms with Gasteiger partial charge in [-0.25, -0.2) is 4.98 Å². The van der Waals surface area contributed by atoms with Gasteiger partial charge in [-0.1, -0.05) is 0 Å². The van der Waals surface area contributed by atoms with Crippen LogP contribution >= 0.6 is 0 Å². The summed E-state index contributed by atoms with van der Waals surface area (Å²) in [6, 6.07) is 2.09. The van der Waals surface area contributed by atoms with Crippen LogP contribution in [0.5, 0.6) is 0 Å². The molecule has 4 heteroatoms. The molecule has 0 saturated heterocycles. The minimum Gasteiger partial charge on any atom is -0.319 e. The molecule has 4 nitrogen and oxygen atoms in total. The Balaban J connectivity index is 2.36. The van der Waals surface area contributed by atoms with E-state index in [0.717, 1.165) is 24.5 Å². The van der Waals surface area contributed by atoms with Crippen molar-refractivity contribution in [2.75, 3.05) is 0 Å². The molecule has 0 radical (unpaired) electrons. The fraction of sp³-hybridized carbons (Fsp3) is 0.429. The first-order chi connectivity index (χ1) is 5.42. The fourth-order valence-electron chi connectivity index (χ4n) is 1.31. The van der Waals surface area contributed by atoms with Gasteiger partial charge in [0.2, 0.25) is 0 Å². The standard InChI is InChI=1S/C7H8N4/c8-1-2-11-5-10-6-3-9-4-7(6)11/h5,9H,2-4H2. The molecule has 11 heavy (non-hydrogen) atoms. The molecule has 56 valence electrons. The first kappa shape index (κ1) is 6.38. The van der Waals surface area contributed by atoms with Crippen molar-refractivity contribution in [1.82, 2.24) is 14.9 Å². The van der Waals surface area contributed by atoms with Crippen molar-refractivity contribution < 1.29 is 0 Å². The van der Waals surface area contributed by atoms with E-state index in [1.54, 1.807) is 6.33 Å². The molecule has 1 aromatic heterocycles. The monoisotopic (exact) mass is 148 g/mol. The first-order valence-corrected chi connectivity index (χ1v) is 3.52. The highest BCUT2D eigenvalue weighted by molar-refractivity contribution is 5.17. The van der Waals surface area contributed by atoms with Crippen molar-refractivity contribution in [2.45, 2.75) is 19.6 Å². The van der Waals surface area contributed by atoms with E-state index in [1.165, 1.54) is 0 Å². The zero-order valence-electron chi connectivity index (χ0n) is 6.04. The van der Waals surface area contributed by atoms with Crippen molar-refractivity contribution in [1.29, 1.82) is 5.26 Å². The van der Waals surface area contributed by atoms with E-state index < -0.39 is 0 Å². The Morgan fingerprint density at radius 3 is 3.45 bits per heavy atom. The van der Waals surface area contributed by atoms with Crippen LogP contribution in [0.3, 0.4) is 0 Å².